The molecule has 1 N–H and O–H groups in total. The molecular formula is C25H18BrClN2O4S2. The van der Waals surface area contributed by atoms with Crippen molar-refractivity contribution in [3.63, 3.8) is 0 Å². The van der Waals surface area contributed by atoms with E-state index in [1.807, 2.05) is 36.4 Å². The van der Waals surface area contributed by atoms with Crippen molar-refractivity contribution in [1.82, 2.24) is 10.4 Å². The molecule has 0 aliphatic carbocycles. The van der Waals surface area contributed by atoms with Gasteiger partial charge in [0.1, 0.15) is 6.61 Å². The van der Waals surface area contributed by atoms with Gasteiger partial charge in [-0.1, -0.05) is 65.8 Å². The fourth-order valence-electron chi connectivity index (χ4n) is 3.22. The van der Waals surface area contributed by atoms with Crippen molar-refractivity contribution >= 4 is 73.7 Å². The van der Waals surface area contributed by atoms with Crippen molar-refractivity contribution < 1.29 is 19.1 Å². The van der Waals surface area contributed by atoms with Crippen LogP contribution in [0.15, 0.2) is 76.1 Å². The number of halogens is 2. The van der Waals surface area contributed by atoms with Gasteiger partial charge in [-0.25, -0.2) is 0 Å². The molecule has 10 heteroatoms. The number of thioether (sulfide) groups is 1. The van der Waals surface area contributed by atoms with Gasteiger partial charge in [0, 0.05) is 0 Å². The largest absolute Gasteiger partial charge is 0.493 e. The molecule has 0 saturated carbocycles. The van der Waals surface area contributed by atoms with E-state index in [1.165, 1.54) is 0 Å². The summed E-state index contributed by atoms with van der Waals surface area (Å²) in [6.45, 7) is 0.374. The smallest absolute Gasteiger partial charge is 0.285 e. The molecule has 0 bridgehead atoms. The maximum Gasteiger partial charge on any atom is 0.285 e. The molecule has 35 heavy (non-hydrogen) atoms. The summed E-state index contributed by atoms with van der Waals surface area (Å²) >= 11 is 16.0. The Bertz CT molecular complexity index is 1330. The molecular weight excluding hydrogens is 572 g/mol. The molecule has 2 amide bonds. The Morgan fingerprint density at radius 2 is 1.89 bits per heavy atom. The van der Waals surface area contributed by atoms with Crippen LogP contribution >= 0.6 is 51.5 Å². The maximum absolute atomic E-state index is 13.0. The fourth-order valence-corrected chi connectivity index (χ4v) is 5.19. The van der Waals surface area contributed by atoms with E-state index in [4.69, 9.17) is 33.3 Å². The van der Waals surface area contributed by atoms with Crippen molar-refractivity contribution in [2.75, 3.05) is 7.11 Å². The quantitative estimate of drug-likeness (QED) is 0.260. The van der Waals surface area contributed by atoms with Gasteiger partial charge in [0.25, 0.3) is 11.8 Å². The zero-order valence-corrected chi connectivity index (χ0v) is 22.3. The topological polar surface area (TPSA) is 67.9 Å². The lowest BCUT2D eigenvalue weighted by Crippen LogP contribution is -2.44. The van der Waals surface area contributed by atoms with Gasteiger partial charge in [0.05, 0.1) is 27.1 Å². The Kier molecular flexibility index (Phi) is 8.12. The first kappa shape index (κ1) is 25.2. The van der Waals surface area contributed by atoms with E-state index in [1.54, 1.807) is 43.5 Å². The molecule has 1 aliphatic heterocycles. The fraction of sp³-hybridized carbons (Fsp3) is 0.0800. The molecule has 3 aromatic rings. The summed E-state index contributed by atoms with van der Waals surface area (Å²) in [6.07, 6.45) is 1.68. The zero-order valence-electron chi connectivity index (χ0n) is 18.3. The van der Waals surface area contributed by atoms with Crippen LogP contribution in [0.4, 0.5) is 0 Å². The predicted octanol–water partition coefficient (Wildman–Crippen LogP) is 6.24. The summed E-state index contributed by atoms with van der Waals surface area (Å²) in [5.74, 6) is 0.0782. The number of nitrogens with zero attached hydrogens (tertiary/aromatic N) is 1. The van der Waals surface area contributed by atoms with E-state index in [-0.39, 0.29) is 14.9 Å². The molecule has 4 rings (SSSR count). The van der Waals surface area contributed by atoms with Crippen LogP contribution in [0.25, 0.3) is 6.08 Å². The highest BCUT2D eigenvalue weighted by molar-refractivity contribution is 9.10. The van der Waals surface area contributed by atoms with E-state index in [0.717, 1.165) is 22.3 Å². The first-order chi connectivity index (χ1) is 16.9. The van der Waals surface area contributed by atoms with Gasteiger partial charge < -0.3 is 9.47 Å². The lowest BCUT2D eigenvalue weighted by atomic mass is 10.1. The van der Waals surface area contributed by atoms with Crippen LogP contribution in [0.2, 0.25) is 5.02 Å². The van der Waals surface area contributed by atoms with Crippen LogP contribution in [0.3, 0.4) is 0 Å². The number of ether oxygens (including phenoxy) is 2. The minimum atomic E-state index is -0.530. The van der Waals surface area contributed by atoms with Gasteiger partial charge in [0.15, 0.2) is 15.8 Å². The number of amides is 2. The van der Waals surface area contributed by atoms with Gasteiger partial charge in [0.2, 0.25) is 0 Å². The number of thiocarbonyl (C=S) groups is 1. The lowest BCUT2D eigenvalue weighted by Gasteiger charge is -2.16. The van der Waals surface area contributed by atoms with Crippen LogP contribution in [-0.2, 0) is 11.4 Å². The number of carbonyl (C=O) groups excluding carboxylic acids is 2. The highest BCUT2D eigenvalue weighted by Crippen LogP contribution is 2.39. The number of methoxy groups -OCH3 is 1. The maximum atomic E-state index is 13.0. The van der Waals surface area contributed by atoms with Crippen LogP contribution in [-0.4, -0.2) is 28.3 Å². The minimum Gasteiger partial charge on any atom is -0.493 e. The van der Waals surface area contributed by atoms with Crippen molar-refractivity contribution in [1.29, 1.82) is 0 Å². The van der Waals surface area contributed by atoms with Gasteiger partial charge in [-0.3, -0.25) is 15.0 Å². The third-order valence-corrected chi connectivity index (χ3v) is 7.12. The molecule has 0 aromatic heterocycles. The number of hydrazine groups is 1. The number of carbonyl (C=O) groups is 2. The molecule has 1 fully saturated rings. The number of hydrogen-bond acceptors (Lipinski definition) is 6. The van der Waals surface area contributed by atoms with E-state index < -0.39 is 11.8 Å². The van der Waals surface area contributed by atoms with Crippen molar-refractivity contribution in [2.24, 2.45) is 0 Å². The predicted molar refractivity (Wildman–Crippen MR) is 145 cm³/mol. The molecule has 178 valence electrons. The number of rotatable bonds is 7. The summed E-state index contributed by atoms with van der Waals surface area (Å²) < 4.78 is 12.4. The molecule has 1 heterocycles. The van der Waals surface area contributed by atoms with Crippen LogP contribution < -0.4 is 14.9 Å². The third kappa shape index (κ3) is 5.87. The van der Waals surface area contributed by atoms with E-state index in [0.29, 0.717) is 33.0 Å². The molecule has 0 radical (unpaired) electrons. The van der Waals surface area contributed by atoms with Crippen molar-refractivity contribution in [2.45, 2.75) is 6.61 Å². The molecule has 3 aromatic carbocycles. The van der Waals surface area contributed by atoms with Crippen LogP contribution in [0, 0.1) is 0 Å². The highest BCUT2D eigenvalue weighted by Gasteiger charge is 2.34. The highest BCUT2D eigenvalue weighted by atomic mass is 79.9. The van der Waals surface area contributed by atoms with Gasteiger partial charge in [-0.2, -0.15) is 5.01 Å². The third-order valence-electron chi connectivity index (χ3n) is 4.90. The lowest BCUT2D eigenvalue weighted by molar-refractivity contribution is -0.123. The first-order valence-electron chi connectivity index (χ1n) is 10.2. The zero-order chi connectivity index (χ0) is 24.9. The Morgan fingerprint density at radius 3 is 2.60 bits per heavy atom. The summed E-state index contributed by atoms with van der Waals surface area (Å²) in [5, 5.41) is 1.32. The van der Waals surface area contributed by atoms with E-state index >= 15 is 0 Å². The molecule has 1 aliphatic rings. The average molecular weight is 590 g/mol. The number of hydrogen-bond donors (Lipinski definition) is 1. The summed E-state index contributed by atoms with van der Waals surface area (Å²) in [7, 11) is 1.55. The number of benzene rings is 3. The van der Waals surface area contributed by atoms with Crippen molar-refractivity contribution in [3.05, 3.63) is 97.8 Å². The van der Waals surface area contributed by atoms with Crippen LogP contribution in [0.1, 0.15) is 21.5 Å². The Labute approximate surface area is 225 Å². The molecule has 6 nitrogen and oxygen atoms in total. The Morgan fingerprint density at radius 1 is 1.17 bits per heavy atom. The van der Waals surface area contributed by atoms with E-state index in [9.17, 15) is 9.59 Å². The Hall–Kier alpha value is -2.85. The second-order valence-corrected chi connectivity index (χ2v) is 10.2. The molecule has 0 unspecified atom stereocenters. The Balaban J connectivity index is 1.52. The monoisotopic (exact) mass is 588 g/mol. The molecule has 0 atom stereocenters. The van der Waals surface area contributed by atoms with E-state index in [2.05, 4.69) is 21.4 Å². The summed E-state index contributed by atoms with van der Waals surface area (Å²) in [6, 6.07) is 19.9. The molecule has 1 saturated heterocycles. The summed E-state index contributed by atoms with van der Waals surface area (Å²) in [4.78, 5) is 25.9. The normalized spacial score (nSPS) is 14.4. The van der Waals surface area contributed by atoms with Gasteiger partial charge >= 0.3 is 0 Å². The minimum absolute atomic E-state index is 0.204. The second kappa shape index (κ2) is 11.3. The SMILES string of the molecule is COc1cc(/C=C2\SC(=S)N(NC(=O)c3ccccc3Cl)C2=O)cc(Br)c1OCc1ccccc1. The average Bonchev–Trinajstić information content (AvgIpc) is 3.11. The summed E-state index contributed by atoms with van der Waals surface area (Å²) in [5.41, 5.74) is 4.49. The van der Waals surface area contributed by atoms with Crippen LogP contribution in [0.5, 0.6) is 11.5 Å². The van der Waals surface area contributed by atoms with Gasteiger partial charge in [-0.05, 0) is 69.6 Å². The molecule has 0 spiro atoms. The van der Waals surface area contributed by atoms with Crippen molar-refractivity contribution in [3.8, 4) is 11.5 Å². The first-order valence-corrected chi connectivity index (χ1v) is 12.6. The standard InChI is InChI=1S/C25H18BrClN2O4S2/c1-32-20-12-16(11-18(26)22(20)33-14-15-7-3-2-4-8-15)13-21-24(31)29(25(34)35-21)28-23(30)17-9-5-6-10-19(17)27/h2-13H,14H2,1H3,(H,28,30)/b21-13-. The second-order valence-electron chi connectivity index (χ2n) is 7.25. The van der Waals surface area contributed by atoms with Gasteiger partial charge in [-0.15, -0.1) is 0 Å². The number of nitrogens with one attached hydrogen (secondary N) is 1.